The summed E-state index contributed by atoms with van der Waals surface area (Å²) < 4.78 is 4.81. The van der Waals surface area contributed by atoms with Crippen LogP contribution in [0, 0.1) is 22.0 Å². The Hall–Kier alpha value is -2.09. The minimum Gasteiger partial charge on any atom is -0.393 e. The van der Waals surface area contributed by atoms with Crippen molar-refractivity contribution in [2.45, 2.75) is 32.1 Å². The Balaban J connectivity index is 2.24. The molecule has 0 spiro atoms. The third-order valence-corrected chi connectivity index (χ3v) is 5.13. The molecule has 0 aromatic heterocycles. The lowest BCUT2D eigenvalue weighted by Gasteiger charge is -2.12. The lowest BCUT2D eigenvalue weighted by molar-refractivity contribution is -0.384. The molecule has 0 radical (unpaired) electrons. The maximum Gasteiger partial charge on any atom is 0.320 e. The van der Waals surface area contributed by atoms with Gasteiger partial charge in [-0.1, -0.05) is 35.0 Å². The number of esters is 2. The van der Waals surface area contributed by atoms with Crippen LogP contribution in [0.25, 0.3) is 0 Å². The first-order valence-electron chi connectivity index (χ1n) is 7.76. The molecule has 1 aliphatic rings. The molecule has 1 aliphatic carbocycles. The third-order valence-electron chi connectivity index (χ3n) is 4.67. The maximum atomic E-state index is 12.4. The number of carbonyl (C=O) groups excluding carboxylic acids is 3. The molecule has 1 aromatic carbocycles. The van der Waals surface area contributed by atoms with Gasteiger partial charge in [0.25, 0.3) is 5.69 Å². The standard InChI is InChI=1S/C17H18BrNO6/c1-10(20)8-14(21)25-16(22)15-13(6-7-18)17(15,2)11-4-3-5-12(9-11)19(23)24/h3-5,9,13,15H,6-8H2,1-2H3. The number of rotatable bonds is 7. The van der Waals surface area contributed by atoms with Crippen molar-refractivity contribution in [2.75, 3.05) is 5.33 Å². The Bertz CT molecular complexity index is 734. The van der Waals surface area contributed by atoms with E-state index in [-0.39, 0.29) is 17.4 Å². The van der Waals surface area contributed by atoms with Gasteiger partial charge in [0.2, 0.25) is 0 Å². The quantitative estimate of drug-likeness (QED) is 0.224. The summed E-state index contributed by atoms with van der Waals surface area (Å²) in [5, 5.41) is 11.6. The summed E-state index contributed by atoms with van der Waals surface area (Å²) in [6.45, 7) is 3.07. The molecule has 0 amide bonds. The van der Waals surface area contributed by atoms with Crippen molar-refractivity contribution in [1.29, 1.82) is 0 Å². The van der Waals surface area contributed by atoms with Gasteiger partial charge in [-0.25, -0.2) is 0 Å². The Morgan fingerprint density at radius 1 is 1.36 bits per heavy atom. The van der Waals surface area contributed by atoms with Crippen molar-refractivity contribution in [3.8, 4) is 0 Å². The number of carbonyl (C=O) groups is 3. The number of nitro groups is 1. The van der Waals surface area contributed by atoms with Crippen LogP contribution in [0.15, 0.2) is 24.3 Å². The van der Waals surface area contributed by atoms with Crippen molar-refractivity contribution in [2.24, 2.45) is 11.8 Å². The van der Waals surface area contributed by atoms with Crippen LogP contribution in [0.5, 0.6) is 0 Å². The Kier molecular flexibility index (Phi) is 5.72. The molecule has 3 atom stereocenters. The van der Waals surface area contributed by atoms with Crippen LogP contribution in [0.4, 0.5) is 5.69 Å². The highest BCUT2D eigenvalue weighted by molar-refractivity contribution is 9.09. The first-order valence-corrected chi connectivity index (χ1v) is 8.88. The summed E-state index contributed by atoms with van der Waals surface area (Å²) in [7, 11) is 0. The normalized spacial score (nSPS) is 24.4. The molecule has 0 N–H and O–H groups in total. The predicted octanol–water partition coefficient (Wildman–Crippen LogP) is 2.93. The maximum absolute atomic E-state index is 12.4. The molecule has 7 nitrogen and oxygen atoms in total. The van der Waals surface area contributed by atoms with Crippen LogP contribution < -0.4 is 0 Å². The van der Waals surface area contributed by atoms with Gasteiger partial charge >= 0.3 is 11.9 Å². The Labute approximate surface area is 153 Å². The number of hydrogen-bond donors (Lipinski definition) is 0. The topological polar surface area (TPSA) is 104 Å². The van der Waals surface area contributed by atoms with E-state index in [2.05, 4.69) is 15.9 Å². The van der Waals surface area contributed by atoms with Crippen LogP contribution in [0.2, 0.25) is 0 Å². The van der Waals surface area contributed by atoms with E-state index in [4.69, 9.17) is 4.74 Å². The minimum absolute atomic E-state index is 0.0528. The second-order valence-corrected chi connectivity index (χ2v) is 7.12. The van der Waals surface area contributed by atoms with Crippen molar-refractivity contribution >= 4 is 39.3 Å². The van der Waals surface area contributed by atoms with Crippen LogP contribution in [0.3, 0.4) is 0 Å². The summed E-state index contributed by atoms with van der Waals surface area (Å²) in [6, 6.07) is 6.15. The zero-order valence-electron chi connectivity index (χ0n) is 13.9. The van der Waals surface area contributed by atoms with Gasteiger partial charge in [-0.3, -0.25) is 24.5 Å². The largest absolute Gasteiger partial charge is 0.393 e. The van der Waals surface area contributed by atoms with Crippen molar-refractivity contribution in [3.05, 3.63) is 39.9 Å². The number of benzene rings is 1. The average Bonchev–Trinajstić information content (AvgIpc) is 3.13. The van der Waals surface area contributed by atoms with Gasteiger partial charge in [-0.05, 0) is 24.8 Å². The van der Waals surface area contributed by atoms with E-state index >= 15 is 0 Å². The monoisotopic (exact) mass is 411 g/mol. The molecule has 8 heteroatoms. The van der Waals surface area contributed by atoms with Crippen molar-refractivity contribution in [1.82, 2.24) is 0 Å². The number of hydrogen-bond acceptors (Lipinski definition) is 6. The van der Waals surface area contributed by atoms with E-state index < -0.39 is 34.6 Å². The fourth-order valence-corrected chi connectivity index (χ4v) is 3.85. The van der Waals surface area contributed by atoms with E-state index in [1.54, 1.807) is 12.1 Å². The van der Waals surface area contributed by atoms with E-state index in [1.807, 2.05) is 6.92 Å². The molecule has 134 valence electrons. The van der Waals surface area contributed by atoms with Gasteiger partial charge in [-0.15, -0.1) is 0 Å². The number of halogens is 1. The molecule has 1 aromatic rings. The zero-order valence-corrected chi connectivity index (χ0v) is 15.4. The van der Waals surface area contributed by atoms with Gasteiger partial charge in [0, 0.05) is 22.9 Å². The smallest absolute Gasteiger partial charge is 0.320 e. The lowest BCUT2D eigenvalue weighted by atomic mass is 9.93. The predicted molar refractivity (Wildman–Crippen MR) is 92.2 cm³/mol. The van der Waals surface area contributed by atoms with Crippen molar-refractivity contribution < 1.29 is 24.0 Å². The van der Waals surface area contributed by atoms with E-state index in [0.717, 1.165) is 0 Å². The fraction of sp³-hybridized carbons (Fsp3) is 0.471. The number of ether oxygens (including phenoxy) is 1. The first-order chi connectivity index (χ1) is 11.7. The molecule has 1 saturated carbocycles. The van der Waals surface area contributed by atoms with Crippen LogP contribution in [-0.4, -0.2) is 28.0 Å². The summed E-state index contributed by atoms with van der Waals surface area (Å²) in [4.78, 5) is 45.4. The zero-order chi connectivity index (χ0) is 18.8. The number of alkyl halides is 1. The number of ketones is 1. The number of Topliss-reactive ketones (excluding diaryl/α,β-unsaturated/α-hetero) is 1. The van der Waals surface area contributed by atoms with Crippen LogP contribution >= 0.6 is 15.9 Å². The van der Waals surface area contributed by atoms with E-state index in [0.29, 0.717) is 17.3 Å². The van der Waals surface area contributed by atoms with Crippen LogP contribution in [-0.2, 0) is 24.5 Å². The fourth-order valence-electron chi connectivity index (χ4n) is 3.36. The second-order valence-electron chi connectivity index (χ2n) is 6.32. The molecule has 0 aliphatic heterocycles. The highest BCUT2D eigenvalue weighted by Gasteiger charge is 2.66. The number of nitro benzene ring substituents is 1. The number of nitrogens with zero attached hydrogens (tertiary/aromatic N) is 1. The molecule has 3 unspecified atom stereocenters. The molecule has 2 rings (SSSR count). The highest BCUT2D eigenvalue weighted by atomic mass is 79.9. The first kappa shape index (κ1) is 19.2. The minimum atomic E-state index is -0.872. The molecule has 0 saturated heterocycles. The Morgan fingerprint density at radius 2 is 2.04 bits per heavy atom. The summed E-state index contributed by atoms with van der Waals surface area (Å²) in [5.41, 5.74) is -0.0375. The molecular formula is C17H18BrNO6. The number of non-ortho nitro benzene ring substituents is 1. The van der Waals surface area contributed by atoms with E-state index in [9.17, 15) is 24.5 Å². The summed E-state index contributed by atoms with van der Waals surface area (Å²) >= 11 is 3.34. The van der Waals surface area contributed by atoms with Gasteiger partial charge in [-0.2, -0.15) is 0 Å². The van der Waals surface area contributed by atoms with E-state index in [1.165, 1.54) is 19.1 Å². The van der Waals surface area contributed by atoms with Crippen LogP contribution in [0.1, 0.15) is 32.3 Å². The molecule has 0 bridgehead atoms. The molecular weight excluding hydrogens is 394 g/mol. The average molecular weight is 412 g/mol. The highest BCUT2D eigenvalue weighted by Crippen LogP contribution is 2.62. The SMILES string of the molecule is CC(=O)CC(=O)OC(=O)C1C(CCBr)C1(C)c1cccc([N+](=O)[O-])c1. The van der Waals surface area contributed by atoms with Gasteiger partial charge < -0.3 is 4.74 Å². The molecule has 1 fully saturated rings. The molecule has 25 heavy (non-hydrogen) atoms. The van der Waals surface area contributed by atoms with Gasteiger partial charge in [0.1, 0.15) is 12.2 Å². The summed E-state index contributed by atoms with van der Waals surface area (Å²) in [6.07, 6.45) is 0.203. The third kappa shape index (κ3) is 3.95. The summed E-state index contributed by atoms with van der Waals surface area (Å²) in [5.74, 6) is -2.63. The lowest BCUT2D eigenvalue weighted by Crippen LogP contribution is -2.19. The van der Waals surface area contributed by atoms with Gasteiger partial charge in [0.15, 0.2) is 0 Å². The molecule has 0 heterocycles. The van der Waals surface area contributed by atoms with Gasteiger partial charge in [0.05, 0.1) is 10.8 Å². The Morgan fingerprint density at radius 3 is 2.60 bits per heavy atom. The van der Waals surface area contributed by atoms with Crippen molar-refractivity contribution in [3.63, 3.8) is 0 Å². The second kappa shape index (κ2) is 7.43.